The van der Waals surface area contributed by atoms with Gasteiger partial charge in [0.1, 0.15) is 0 Å². The molecule has 0 aliphatic rings. The molecule has 0 saturated heterocycles. The number of para-hydroxylation sites is 3. The van der Waals surface area contributed by atoms with Gasteiger partial charge in [0.25, 0.3) is 0 Å². The number of fused-ring (bicyclic) bond motifs is 4. The molecule has 0 fully saturated rings. The first-order valence-electron chi connectivity index (χ1n) is 18.5. The largest absolute Gasteiger partial charge is 0.311 e. The number of anilines is 3. The Labute approximate surface area is 315 Å². The highest BCUT2D eigenvalue weighted by molar-refractivity contribution is 6.09. The lowest BCUT2D eigenvalue weighted by Crippen LogP contribution is -2.09. The smallest absolute Gasteiger partial charge is 0.0541 e. The molecule has 0 unspecified atom stereocenters. The Morgan fingerprint density at radius 3 is 1.39 bits per heavy atom. The average Bonchev–Trinajstić information content (AvgIpc) is 3.59. The maximum absolute atomic E-state index is 2.38. The van der Waals surface area contributed by atoms with Gasteiger partial charge in [-0.05, 0) is 105 Å². The number of aromatic nitrogens is 1. The van der Waals surface area contributed by atoms with Gasteiger partial charge in [0.2, 0.25) is 0 Å². The van der Waals surface area contributed by atoms with E-state index in [4.69, 9.17) is 0 Å². The molecule has 0 N–H and O–H groups in total. The molecule has 0 aliphatic carbocycles. The first-order valence-corrected chi connectivity index (χ1v) is 18.5. The maximum atomic E-state index is 2.38. The van der Waals surface area contributed by atoms with Crippen LogP contribution in [0.15, 0.2) is 218 Å². The van der Waals surface area contributed by atoms with Gasteiger partial charge < -0.3 is 9.47 Å². The molecule has 1 aromatic heterocycles. The van der Waals surface area contributed by atoms with Gasteiger partial charge in [0.15, 0.2) is 0 Å². The van der Waals surface area contributed by atoms with Crippen molar-refractivity contribution in [2.75, 3.05) is 4.90 Å². The first-order chi connectivity index (χ1) is 26.8. The van der Waals surface area contributed by atoms with Crippen LogP contribution in [0.5, 0.6) is 0 Å². The van der Waals surface area contributed by atoms with E-state index in [-0.39, 0.29) is 0 Å². The SMILES string of the molecule is c1ccc(-c2cccc3cccc(-c4ccc(N(c5ccccc5)c5ccc(-c6cccc(-n7c8ccccc8c8ccccc87)c6)cc5)cc4)c23)cc1. The summed E-state index contributed by atoms with van der Waals surface area (Å²) in [6, 6.07) is 78.7. The highest BCUT2D eigenvalue weighted by Crippen LogP contribution is 2.40. The Morgan fingerprint density at radius 1 is 0.315 bits per heavy atom. The third kappa shape index (κ3) is 5.53. The normalized spacial score (nSPS) is 11.3. The second-order valence-corrected chi connectivity index (χ2v) is 13.8. The molecule has 0 aliphatic heterocycles. The Hall–Kier alpha value is -7.16. The molecule has 2 nitrogen and oxygen atoms in total. The van der Waals surface area contributed by atoms with Crippen molar-refractivity contribution in [1.82, 2.24) is 4.57 Å². The molecule has 2 heteroatoms. The number of rotatable bonds is 7. The number of nitrogens with zero attached hydrogens (tertiary/aromatic N) is 2. The van der Waals surface area contributed by atoms with Gasteiger partial charge in [-0.3, -0.25) is 0 Å². The molecule has 0 spiro atoms. The van der Waals surface area contributed by atoms with E-state index >= 15 is 0 Å². The van der Waals surface area contributed by atoms with Gasteiger partial charge in [-0.2, -0.15) is 0 Å². The van der Waals surface area contributed by atoms with E-state index < -0.39 is 0 Å². The summed E-state index contributed by atoms with van der Waals surface area (Å²) in [6.07, 6.45) is 0. The molecule has 0 amide bonds. The van der Waals surface area contributed by atoms with Gasteiger partial charge in [-0.1, -0.05) is 158 Å². The Morgan fingerprint density at radius 2 is 0.778 bits per heavy atom. The fourth-order valence-electron chi connectivity index (χ4n) is 8.08. The van der Waals surface area contributed by atoms with Gasteiger partial charge in [0, 0.05) is 33.5 Å². The number of hydrogen-bond acceptors (Lipinski definition) is 1. The second-order valence-electron chi connectivity index (χ2n) is 13.8. The molecule has 10 rings (SSSR count). The Kier molecular flexibility index (Phi) is 7.85. The summed E-state index contributed by atoms with van der Waals surface area (Å²) in [5.41, 5.74) is 14.2. The van der Waals surface area contributed by atoms with Crippen LogP contribution in [0.4, 0.5) is 17.1 Å². The van der Waals surface area contributed by atoms with E-state index in [1.807, 2.05) is 0 Å². The lowest BCUT2D eigenvalue weighted by atomic mass is 9.91. The zero-order chi connectivity index (χ0) is 35.8. The zero-order valence-corrected chi connectivity index (χ0v) is 29.7. The Bertz CT molecular complexity index is 2850. The molecule has 0 bridgehead atoms. The van der Waals surface area contributed by atoms with Crippen molar-refractivity contribution in [1.29, 1.82) is 0 Å². The van der Waals surface area contributed by atoms with Crippen LogP contribution in [0.1, 0.15) is 0 Å². The predicted molar refractivity (Wildman–Crippen MR) is 229 cm³/mol. The van der Waals surface area contributed by atoms with E-state index in [1.54, 1.807) is 0 Å². The fourth-order valence-corrected chi connectivity index (χ4v) is 8.08. The van der Waals surface area contributed by atoms with Crippen molar-refractivity contribution in [3.05, 3.63) is 218 Å². The van der Waals surface area contributed by atoms with Crippen molar-refractivity contribution < 1.29 is 0 Å². The van der Waals surface area contributed by atoms with E-state index in [9.17, 15) is 0 Å². The zero-order valence-electron chi connectivity index (χ0n) is 29.7. The van der Waals surface area contributed by atoms with Crippen LogP contribution in [0.25, 0.3) is 71.6 Å². The summed E-state index contributed by atoms with van der Waals surface area (Å²) >= 11 is 0. The Balaban J connectivity index is 1.01. The van der Waals surface area contributed by atoms with Crippen molar-refractivity contribution in [3.8, 4) is 39.1 Å². The third-order valence-electron chi connectivity index (χ3n) is 10.6. The minimum absolute atomic E-state index is 1.10. The van der Waals surface area contributed by atoms with Crippen molar-refractivity contribution in [3.63, 3.8) is 0 Å². The minimum atomic E-state index is 1.10. The van der Waals surface area contributed by atoms with E-state index in [0.29, 0.717) is 0 Å². The van der Waals surface area contributed by atoms with Crippen LogP contribution in [0.3, 0.4) is 0 Å². The number of hydrogen-bond donors (Lipinski definition) is 0. The lowest BCUT2D eigenvalue weighted by molar-refractivity contribution is 1.18. The minimum Gasteiger partial charge on any atom is -0.311 e. The first kappa shape index (κ1) is 31.6. The van der Waals surface area contributed by atoms with Gasteiger partial charge >= 0.3 is 0 Å². The molecule has 0 radical (unpaired) electrons. The number of benzene rings is 9. The molecule has 9 aromatic carbocycles. The summed E-state index contributed by atoms with van der Waals surface area (Å²) in [5.74, 6) is 0. The molecular formula is C52H36N2. The standard InChI is InChI=1S/C52H36N2/c1-3-14-38(15-4-1)46-24-12-16-40-17-13-25-47(52(40)46)39-30-34-44(35-31-39)53(42-19-5-2-6-20-42)43-32-28-37(29-33-43)41-18-11-21-45(36-41)54-50-26-9-7-22-48(50)49-23-8-10-27-51(49)54/h1-36H. The van der Waals surface area contributed by atoms with Gasteiger partial charge in [-0.25, -0.2) is 0 Å². The van der Waals surface area contributed by atoms with Crippen molar-refractivity contribution in [2.45, 2.75) is 0 Å². The topological polar surface area (TPSA) is 8.17 Å². The highest BCUT2D eigenvalue weighted by Gasteiger charge is 2.16. The molecule has 54 heavy (non-hydrogen) atoms. The summed E-state index contributed by atoms with van der Waals surface area (Å²) in [7, 11) is 0. The van der Waals surface area contributed by atoms with Gasteiger partial charge in [-0.15, -0.1) is 0 Å². The van der Waals surface area contributed by atoms with Crippen LogP contribution >= 0.6 is 0 Å². The van der Waals surface area contributed by atoms with Crippen molar-refractivity contribution in [2.24, 2.45) is 0 Å². The van der Waals surface area contributed by atoms with E-state index in [1.165, 1.54) is 66.0 Å². The van der Waals surface area contributed by atoms with E-state index in [2.05, 4.69) is 228 Å². The second kappa shape index (κ2) is 13.4. The van der Waals surface area contributed by atoms with Gasteiger partial charge in [0.05, 0.1) is 11.0 Å². The van der Waals surface area contributed by atoms with Crippen LogP contribution in [-0.4, -0.2) is 4.57 Å². The summed E-state index contributed by atoms with van der Waals surface area (Å²) in [4.78, 5) is 2.33. The summed E-state index contributed by atoms with van der Waals surface area (Å²) < 4.78 is 2.38. The monoisotopic (exact) mass is 688 g/mol. The van der Waals surface area contributed by atoms with Crippen LogP contribution in [0, 0.1) is 0 Å². The molecule has 0 atom stereocenters. The quantitative estimate of drug-likeness (QED) is 0.162. The molecule has 254 valence electrons. The lowest BCUT2D eigenvalue weighted by Gasteiger charge is -2.26. The van der Waals surface area contributed by atoms with E-state index in [0.717, 1.165) is 22.7 Å². The maximum Gasteiger partial charge on any atom is 0.0541 e. The molecule has 10 aromatic rings. The molecule has 0 saturated carbocycles. The average molecular weight is 689 g/mol. The molecular weight excluding hydrogens is 653 g/mol. The fraction of sp³-hybridized carbons (Fsp3) is 0. The van der Waals surface area contributed by atoms with Crippen LogP contribution < -0.4 is 4.90 Å². The summed E-state index contributed by atoms with van der Waals surface area (Å²) in [5, 5.41) is 5.05. The predicted octanol–water partition coefficient (Wildman–Crippen LogP) is 14.4. The van der Waals surface area contributed by atoms with Crippen LogP contribution in [0.2, 0.25) is 0 Å². The van der Waals surface area contributed by atoms with Crippen LogP contribution in [-0.2, 0) is 0 Å². The molecule has 1 heterocycles. The summed E-state index contributed by atoms with van der Waals surface area (Å²) in [6.45, 7) is 0. The highest BCUT2D eigenvalue weighted by atomic mass is 15.1. The third-order valence-corrected chi connectivity index (χ3v) is 10.6. The van der Waals surface area contributed by atoms with Crippen molar-refractivity contribution >= 4 is 49.6 Å².